The molecule has 3 heterocycles. The minimum Gasteiger partial charge on any atom is -0.456 e. The number of benzene rings is 2. The molecular weight excluding hydrogens is 474 g/mol. The number of carbonyl (C=O) groups is 2. The molecule has 1 aliphatic heterocycles. The van der Waals surface area contributed by atoms with E-state index in [0.29, 0.717) is 40.7 Å². The van der Waals surface area contributed by atoms with E-state index >= 15 is 0 Å². The molecule has 0 spiro atoms. The predicted molar refractivity (Wildman–Crippen MR) is 128 cm³/mol. The topological polar surface area (TPSA) is 129 Å². The first-order chi connectivity index (χ1) is 16.8. The van der Waals surface area contributed by atoms with Crippen LogP contribution in [0.1, 0.15) is 22.8 Å². The van der Waals surface area contributed by atoms with Crippen molar-refractivity contribution >= 4 is 49.5 Å². The van der Waals surface area contributed by atoms with E-state index in [4.69, 9.17) is 9.15 Å². The number of Topliss-reactive ketones (excluding diaryl/α,β-unsaturated/α-hetero) is 1. The molecule has 2 aromatic heterocycles. The largest absolute Gasteiger partial charge is 0.456 e. The van der Waals surface area contributed by atoms with E-state index in [-0.39, 0.29) is 11.3 Å². The summed E-state index contributed by atoms with van der Waals surface area (Å²) in [5.74, 6) is -1.22. The van der Waals surface area contributed by atoms with Gasteiger partial charge in [0.05, 0.1) is 17.8 Å². The van der Waals surface area contributed by atoms with Gasteiger partial charge in [-0.25, -0.2) is 13.4 Å². The molecule has 0 N–H and O–H groups in total. The number of hydrogen-bond donors (Lipinski definition) is 0. The summed E-state index contributed by atoms with van der Waals surface area (Å²) in [6.45, 7) is 0.971. The molecule has 11 heteroatoms. The van der Waals surface area contributed by atoms with Gasteiger partial charge in [-0.05, 0) is 49.2 Å². The van der Waals surface area contributed by atoms with Gasteiger partial charge in [0.15, 0.2) is 12.4 Å². The van der Waals surface area contributed by atoms with Gasteiger partial charge < -0.3 is 9.15 Å². The van der Waals surface area contributed by atoms with Crippen LogP contribution in [0.15, 0.2) is 58.0 Å². The maximum absolute atomic E-state index is 12.7. The van der Waals surface area contributed by atoms with Crippen molar-refractivity contribution < 1.29 is 27.2 Å². The SMILES string of the molecule is CCS(=O)(=O)N1CCc2cc(C(=O)COC(=O)Cn3cnc4c(oc5ccccc54)c3=O)ccc21. The summed E-state index contributed by atoms with van der Waals surface area (Å²) in [6, 6.07) is 11.8. The molecule has 0 bridgehead atoms. The Labute approximate surface area is 199 Å². The lowest BCUT2D eigenvalue weighted by molar-refractivity contribution is -0.143. The Balaban J connectivity index is 1.26. The quantitative estimate of drug-likeness (QED) is 0.282. The van der Waals surface area contributed by atoms with E-state index in [0.717, 1.165) is 10.1 Å². The number of rotatable bonds is 7. The molecule has 1 aliphatic rings. The zero-order valence-electron chi connectivity index (χ0n) is 18.8. The van der Waals surface area contributed by atoms with Crippen LogP contribution in [0.2, 0.25) is 0 Å². The van der Waals surface area contributed by atoms with E-state index in [9.17, 15) is 22.8 Å². The number of fused-ring (bicyclic) bond motifs is 4. The number of esters is 1. The van der Waals surface area contributed by atoms with Crippen LogP contribution in [-0.2, 0) is 32.5 Å². The maximum Gasteiger partial charge on any atom is 0.326 e. The van der Waals surface area contributed by atoms with Crippen LogP contribution in [0, 0.1) is 0 Å². The van der Waals surface area contributed by atoms with Gasteiger partial charge in [0, 0.05) is 17.5 Å². The van der Waals surface area contributed by atoms with Crippen molar-refractivity contribution in [2.45, 2.75) is 19.9 Å². The Kier molecular flexibility index (Phi) is 5.64. The molecule has 0 unspecified atom stereocenters. The number of carbonyl (C=O) groups excluding carboxylic acids is 2. The molecule has 0 saturated carbocycles. The predicted octanol–water partition coefficient (Wildman–Crippen LogP) is 2.28. The van der Waals surface area contributed by atoms with Gasteiger partial charge in [-0.3, -0.25) is 23.3 Å². The molecule has 35 heavy (non-hydrogen) atoms. The summed E-state index contributed by atoms with van der Waals surface area (Å²) in [5, 5.41) is 0.699. The van der Waals surface area contributed by atoms with Crippen molar-refractivity contribution in [2.24, 2.45) is 0 Å². The molecule has 0 fully saturated rings. The summed E-state index contributed by atoms with van der Waals surface area (Å²) in [5.41, 5.74) is 2.06. The standard InChI is InChI=1S/C24H21N3O7S/c1-2-35(31,32)27-10-9-15-11-16(7-8-18(15)27)19(28)13-33-21(29)12-26-14-25-22-17-5-3-4-6-20(17)34-23(22)24(26)30/h3-8,11,14H,2,9-10,12-13H2,1H3. The van der Waals surface area contributed by atoms with Gasteiger partial charge in [0.1, 0.15) is 17.6 Å². The third kappa shape index (κ3) is 4.08. The summed E-state index contributed by atoms with van der Waals surface area (Å²) in [4.78, 5) is 41.9. The summed E-state index contributed by atoms with van der Waals surface area (Å²) >= 11 is 0. The molecule has 0 aliphatic carbocycles. The van der Waals surface area contributed by atoms with Crippen molar-refractivity contribution in [3.8, 4) is 0 Å². The molecule has 5 rings (SSSR count). The zero-order valence-corrected chi connectivity index (χ0v) is 19.6. The molecule has 180 valence electrons. The monoisotopic (exact) mass is 495 g/mol. The molecule has 4 aromatic rings. The third-order valence-corrected chi connectivity index (χ3v) is 7.75. The van der Waals surface area contributed by atoms with Gasteiger partial charge in [-0.15, -0.1) is 0 Å². The Morgan fingerprint density at radius 2 is 1.97 bits per heavy atom. The fraction of sp³-hybridized carbons (Fsp3) is 0.250. The number of aromatic nitrogens is 2. The minimum atomic E-state index is -3.38. The molecule has 2 aromatic carbocycles. The number of para-hydroxylation sites is 1. The van der Waals surface area contributed by atoms with Crippen LogP contribution >= 0.6 is 0 Å². The molecule has 0 saturated heterocycles. The van der Waals surface area contributed by atoms with Gasteiger partial charge in [0.25, 0.3) is 5.56 Å². The molecule has 0 radical (unpaired) electrons. The van der Waals surface area contributed by atoms with Gasteiger partial charge >= 0.3 is 5.97 Å². The number of hydrogen-bond acceptors (Lipinski definition) is 8. The second-order valence-electron chi connectivity index (χ2n) is 8.10. The second-order valence-corrected chi connectivity index (χ2v) is 10.3. The lowest BCUT2D eigenvalue weighted by Gasteiger charge is -2.18. The molecular formula is C24H21N3O7S. The van der Waals surface area contributed by atoms with Gasteiger partial charge in [0.2, 0.25) is 15.6 Å². The maximum atomic E-state index is 12.7. The van der Waals surface area contributed by atoms with Crippen molar-refractivity contribution in [3.63, 3.8) is 0 Å². The van der Waals surface area contributed by atoms with Crippen molar-refractivity contribution in [3.05, 3.63) is 70.3 Å². The Hall–Kier alpha value is -3.99. The van der Waals surface area contributed by atoms with Crippen LogP contribution in [0.5, 0.6) is 0 Å². The van der Waals surface area contributed by atoms with Gasteiger partial charge in [-0.2, -0.15) is 0 Å². The summed E-state index contributed by atoms with van der Waals surface area (Å²) in [6.07, 6.45) is 1.74. The highest BCUT2D eigenvalue weighted by molar-refractivity contribution is 7.92. The number of furan rings is 1. The Morgan fingerprint density at radius 1 is 1.17 bits per heavy atom. The highest BCUT2D eigenvalue weighted by atomic mass is 32.2. The van der Waals surface area contributed by atoms with E-state index in [1.807, 2.05) is 6.07 Å². The first-order valence-electron chi connectivity index (χ1n) is 11.0. The van der Waals surface area contributed by atoms with Crippen molar-refractivity contribution in [1.29, 1.82) is 0 Å². The van der Waals surface area contributed by atoms with Crippen LogP contribution in [0.4, 0.5) is 5.69 Å². The second kappa shape index (κ2) is 8.66. The van der Waals surface area contributed by atoms with E-state index in [1.54, 1.807) is 37.3 Å². The first kappa shape index (κ1) is 22.8. The number of ether oxygens (including phenoxy) is 1. The van der Waals surface area contributed by atoms with Crippen LogP contribution in [-0.4, -0.2) is 48.6 Å². The molecule has 0 amide bonds. The van der Waals surface area contributed by atoms with Crippen molar-refractivity contribution in [2.75, 3.05) is 23.2 Å². The fourth-order valence-corrected chi connectivity index (χ4v) is 5.29. The molecule has 10 nitrogen and oxygen atoms in total. The van der Waals surface area contributed by atoms with E-state index < -0.39 is 40.5 Å². The fourth-order valence-electron chi connectivity index (χ4n) is 4.13. The van der Waals surface area contributed by atoms with Crippen LogP contribution < -0.4 is 9.86 Å². The van der Waals surface area contributed by atoms with Crippen LogP contribution in [0.3, 0.4) is 0 Å². The number of ketones is 1. The molecule has 0 atom stereocenters. The normalized spacial score (nSPS) is 13.3. The lowest BCUT2D eigenvalue weighted by Crippen LogP contribution is -2.30. The number of nitrogens with zero attached hydrogens (tertiary/aromatic N) is 3. The average Bonchev–Trinajstić information content (AvgIpc) is 3.46. The number of sulfonamides is 1. The van der Waals surface area contributed by atoms with E-state index in [2.05, 4.69) is 4.98 Å². The summed E-state index contributed by atoms with van der Waals surface area (Å²) < 4.78 is 37.5. The highest BCUT2D eigenvalue weighted by Gasteiger charge is 2.28. The van der Waals surface area contributed by atoms with Gasteiger partial charge in [-0.1, -0.05) is 12.1 Å². The zero-order chi connectivity index (χ0) is 24.7. The van der Waals surface area contributed by atoms with Crippen molar-refractivity contribution in [1.82, 2.24) is 9.55 Å². The number of anilines is 1. The van der Waals surface area contributed by atoms with Crippen LogP contribution in [0.25, 0.3) is 22.1 Å². The smallest absolute Gasteiger partial charge is 0.326 e. The Bertz CT molecular complexity index is 1650. The summed E-state index contributed by atoms with van der Waals surface area (Å²) in [7, 11) is -3.38. The minimum absolute atomic E-state index is 0.00897. The average molecular weight is 496 g/mol. The van der Waals surface area contributed by atoms with E-state index in [1.165, 1.54) is 16.7 Å². The third-order valence-electron chi connectivity index (χ3n) is 5.97. The first-order valence-corrected chi connectivity index (χ1v) is 12.6. The Morgan fingerprint density at radius 3 is 2.77 bits per heavy atom. The lowest BCUT2D eigenvalue weighted by atomic mass is 10.1. The highest BCUT2D eigenvalue weighted by Crippen LogP contribution is 2.31.